The summed E-state index contributed by atoms with van der Waals surface area (Å²) in [6.07, 6.45) is 0. The molecule has 0 aliphatic rings. The molecule has 0 N–H and O–H groups in total. The summed E-state index contributed by atoms with van der Waals surface area (Å²) >= 11 is 0. The second-order valence-electron chi connectivity index (χ2n) is 5.34. The Kier molecular flexibility index (Phi) is 3.96. The number of hydrogen-bond donors (Lipinski definition) is 0. The molecule has 3 heteroatoms. The van der Waals surface area contributed by atoms with Gasteiger partial charge in [-0.15, -0.1) is 0 Å². The fourth-order valence-corrected chi connectivity index (χ4v) is 4.32. The summed E-state index contributed by atoms with van der Waals surface area (Å²) in [6, 6.07) is 12.9. The van der Waals surface area contributed by atoms with Crippen molar-refractivity contribution >= 4 is 18.0 Å². The smallest absolute Gasteiger partial charge is 0.225 e. The quantitative estimate of drug-likeness (QED) is 0.797. The van der Waals surface area contributed by atoms with E-state index in [0.717, 1.165) is 16.7 Å². The molecule has 0 aliphatic heterocycles. The highest BCUT2D eigenvalue weighted by molar-refractivity contribution is 7.86. The van der Waals surface area contributed by atoms with Gasteiger partial charge in [-0.3, -0.25) is 4.79 Å². The predicted octanol–water partition coefficient (Wildman–Crippen LogP) is 4.07. The summed E-state index contributed by atoms with van der Waals surface area (Å²) in [5, 5.41) is 0.615. The first-order valence-electron chi connectivity index (χ1n) is 6.60. The second-order valence-corrected chi connectivity index (χ2v) is 8.11. The first-order valence-corrected chi connectivity index (χ1v) is 8.75. The Hall–Kier alpha value is -1.66. The molecule has 0 aliphatic carbocycles. The Morgan fingerprint density at radius 3 is 1.95 bits per heavy atom. The van der Waals surface area contributed by atoms with Crippen LogP contribution in [-0.2, 0) is 4.57 Å². The topological polar surface area (TPSA) is 34.1 Å². The number of rotatable bonds is 3. The van der Waals surface area contributed by atoms with E-state index in [1.54, 1.807) is 18.8 Å². The maximum atomic E-state index is 13.0. The molecule has 2 aromatic carbocycles. The highest BCUT2D eigenvalue weighted by atomic mass is 31.2. The van der Waals surface area contributed by atoms with Gasteiger partial charge in [0, 0.05) is 17.5 Å². The molecule has 0 radical (unpaired) electrons. The van der Waals surface area contributed by atoms with E-state index < -0.39 is 7.14 Å². The molecular weight excluding hydrogens is 267 g/mol. The highest BCUT2D eigenvalue weighted by Crippen LogP contribution is 2.45. The van der Waals surface area contributed by atoms with Gasteiger partial charge in [0.25, 0.3) is 0 Å². The van der Waals surface area contributed by atoms with E-state index in [-0.39, 0.29) is 5.52 Å². The van der Waals surface area contributed by atoms with Crippen molar-refractivity contribution in [1.82, 2.24) is 0 Å². The van der Waals surface area contributed by atoms with Crippen molar-refractivity contribution < 1.29 is 9.36 Å². The fourth-order valence-electron chi connectivity index (χ4n) is 2.56. The van der Waals surface area contributed by atoms with Crippen LogP contribution < -0.4 is 5.30 Å². The van der Waals surface area contributed by atoms with Crippen LogP contribution in [0.3, 0.4) is 0 Å². The minimum Gasteiger partial charge on any atom is -0.310 e. The van der Waals surface area contributed by atoms with E-state index in [4.69, 9.17) is 0 Å². The SMILES string of the molecule is Cc1cc(C)c(C(=O)P(C)(=O)c2ccccc2)c(C)c1. The van der Waals surface area contributed by atoms with Crippen LogP contribution in [0.15, 0.2) is 42.5 Å². The Labute approximate surface area is 120 Å². The summed E-state index contributed by atoms with van der Waals surface area (Å²) in [5.41, 5.74) is 3.25. The molecular formula is C17H19O2P. The molecule has 2 nitrogen and oxygen atoms in total. The van der Waals surface area contributed by atoms with Crippen LogP contribution >= 0.6 is 7.14 Å². The molecule has 1 unspecified atom stereocenters. The Morgan fingerprint density at radius 2 is 1.45 bits per heavy atom. The molecule has 0 aromatic heterocycles. The van der Waals surface area contributed by atoms with Gasteiger partial charge in [-0.05, 0) is 31.9 Å². The maximum Gasteiger partial charge on any atom is 0.225 e. The second kappa shape index (κ2) is 5.38. The largest absolute Gasteiger partial charge is 0.310 e. The van der Waals surface area contributed by atoms with Crippen LogP contribution in [0.2, 0.25) is 0 Å². The van der Waals surface area contributed by atoms with Crippen molar-refractivity contribution in [2.75, 3.05) is 6.66 Å². The summed E-state index contributed by atoms with van der Waals surface area (Å²) < 4.78 is 13.0. The van der Waals surface area contributed by atoms with Gasteiger partial charge in [-0.25, -0.2) is 0 Å². The summed E-state index contributed by atoms with van der Waals surface area (Å²) in [5.74, 6) is 0. The number of carbonyl (C=O) groups excluding carboxylic acids is 1. The monoisotopic (exact) mass is 286 g/mol. The first kappa shape index (κ1) is 14.7. The maximum absolute atomic E-state index is 13.0. The van der Waals surface area contributed by atoms with E-state index >= 15 is 0 Å². The fraction of sp³-hybridized carbons (Fsp3) is 0.235. The van der Waals surface area contributed by atoms with E-state index in [0.29, 0.717) is 10.9 Å². The van der Waals surface area contributed by atoms with Crippen LogP contribution in [0.4, 0.5) is 0 Å². The summed E-state index contributed by atoms with van der Waals surface area (Å²) in [4.78, 5) is 12.8. The summed E-state index contributed by atoms with van der Waals surface area (Å²) in [6.45, 7) is 7.36. The van der Waals surface area contributed by atoms with Crippen molar-refractivity contribution in [3.63, 3.8) is 0 Å². The van der Waals surface area contributed by atoms with Gasteiger partial charge >= 0.3 is 0 Å². The molecule has 0 amide bonds. The van der Waals surface area contributed by atoms with Crippen LogP contribution in [0, 0.1) is 20.8 Å². The normalized spacial score (nSPS) is 13.8. The highest BCUT2D eigenvalue weighted by Gasteiger charge is 2.31. The molecule has 0 saturated carbocycles. The van der Waals surface area contributed by atoms with Crippen molar-refractivity contribution in [3.8, 4) is 0 Å². The third-order valence-electron chi connectivity index (χ3n) is 3.53. The molecule has 0 heterocycles. The van der Waals surface area contributed by atoms with E-state index in [2.05, 4.69) is 0 Å². The third kappa shape index (κ3) is 2.62. The first-order chi connectivity index (χ1) is 9.34. The zero-order valence-electron chi connectivity index (χ0n) is 12.3. The molecule has 20 heavy (non-hydrogen) atoms. The van der Waals surface area contributed by atoms with Crippen LogP contribution in [-0.4, -0.2) is 12.2 Å². The Bertz CT molecular complexity index is 679. The molecule has 0 saturated heterocycles. The van der Waals surface area contributed by atoms with E-state index in [9.17, 15) is 9.36 Å². The lowest BCUT2D eigenvalue weighted by Crippen LogP contribution is -2.14. The van der Waals surface area contributed by atoms with Gasteiger partial charge in [0.05, 0.1) is 0 Å². The number of benzene rings is 2. The van der Waals surface area contributed by atoms with Gasteiger partial charge in [0.1, 0.15) is 0 Å². The lowest BCUT2D eigenvalue weighted by Gasteiger charge is -2.16. The lowest BCUT2D eigenvalue weighted by atomic mass is 10.0. The molecule has 104 valence electrons. The molecule has 2 aromatic rings. The van der Waals surface area contributed by atoms with Crippen LogP contribution in [0.1, 0.15) is 27.0 Å². The summed E-state index contributed by atoms with van der Waals surface area (Å²) in [7, 11) is -3.07. The number of aryl methyl sites for hydroxylation is 3. The zero-order chi connectivity index (χ0) is 14.9. The van der Waals surface area contributed by atoms with Crippen molar-refractivity contribution in [2.45, 2.75) is 20.8 Å². The van der Waals surface area contributed by atoms with Gasteiger partial charge in [-0.1, -0.05) is 48.0 Å². The Balaban J connectivity index is 2.55. The minimum absolute atomic E-state index is 0.251. The average Bonchev–Trinajstić information content (AvgIpc) is 2.38. The molecule has 2 rings (SSSR count). The third-order valence-corrected chi connectivity index (χ3v) is 5.81. The number of carbonyl (C=O) groups is 1. The molecule has 1 atom stereocenters. The minimum atomic E-state index is -3.07. The number of hydrogen-bond acceptors (Lipinski definition) is 2. The van der Waals surface area contributed by atoms with E-state index in [1.165, 1.54) is 0 Å². The molecule has 0 bridgehead atoms. The average molecular weight is 286 g/mol. The van der Waals surface area contributed by atoms with Crippen LogP contribution in [0.25, 0.3) is 0 Å². The van der Waals surface area contributed by atoms with Gasteiger partial charge < -0.3 is 4.57 Å². The predicted molar refractivity (Wildman–Crippen MR) is 84.6 cm³/mol. The van der Waals surface area contributed by atoms with Crippen molar-refractivity contribution in [1.29, 1.82) is 0 Å². The lowest BCUT2D eigenvalue weighted by molar-refractivity contribution is 0.107. The van der Waals surface area contributed by atoms with Crippen molar-refractivity contribution in [2.24, 2.45) is 0 Å². The Morgan fingerprint density at radius 1 is 0.950 bits per heavy atom. The zero-order valence-corrected chi connectivity index (χ0v) is 13.2. The van der Waals surface area contributed by atoms with Gasteiger partial charge in [0.15, 0.2) is 7.14 Å². The van der Waals surface area contributed by atoms with E-state index in [1.807, 2.05) is 51.1 Å². The van der Waals surface area contributed by atoms with Gasteiger partial charge in [-0.2, -0.15) is 0 Å². The molecule has 0 spiro atoms. The van der Waals surface area contributed by atoms with Gasteiger partial charge in [0.2, 0.25) is 5.52 Å². The molecule has 0 fully saturated rings. The van der Waals surface area contributed by atoms with Crippen molar-refractivity contribution in [3.05, 3.63) is 64.7 Å². The standard InChI is InChI=1S/C17H19O2P/c1-12-10-13(2)16(14(3)11-12)17(18)20(4,19)15-8-6-5-7-9-15/h5-11H,1-4H3. The van der Waals surface area contributed by atoms with Crippen LogP contribution in [0.5, 0.6) is 0 Å².